The Balaban J connectivity index is 1.08. The molecule has 21 aliphatic heterocycles. The Kier molecular flexibility index (Phi) is 25.7. The van der Waals surface area contributed by atoms with Gasteiger partial charge in [0.2, 0.25) is 0 Å². The molecule has 0 aromatic heterocycles. The van der Waals surface area contributed by atoms with Gasteiger partial charge in [0.15, 0.2) is 44.0 Å². The van der Waals surface area contributed by atoms with Crippen LogP contribution in [0.15, 0.2) is 0 Å². The maximum absolute atomic E-state index is 11.6. The molecular formula is C42H63I7O28. The lowest BCUT2D eigenvalue weighted by molar-refractivity contribution is -0.388. The molecule has 14 bridgehead atoms. The summed E-state index contributed by atoms with van der Waals surface area (Å²) in [5.74, 6) is 0. The summed E-state index contributed by atoms with van der Waals surface area (Å²) in [6.45, 7) is 0. The van der Waals surface area contributed by atoms with Crippen molar-refractivity contribution >= 4 is 158 Å². The zero-order valence-electron chi connectivity index (χ0n) is 39.8. The maximum atomic E-state index is 11.6. The molecule has 21 saturated heterocycles. The summed E-state index contributed by atoms with van der Waals surface area (Å²) >= 11 is 13.5. The van der Waals surface area contributed by atoms with E-state index in [0.717, 1.165) is 0 Å². The Morgan fingerprint density at radius 2 is 0.273 bits per heavy atom. The summed E-state index contributed by atoms with van der Waals surface area (Å²) in [6.07, 6.45) is -55.6. The van der Waals surface area contributed by atoms with Crippen molar-refractivity contribution in [2.45, 2.75) is 215 Å². The summed E-state index contributed by atoms with van der Waals surface area (Å²) in [6, 6.07) is 0. The molecule has 0 saturated carbocycles. The van der Waals surface area contributed by atoms with E-state index in [2.05, 4.69) is 0 Å². The van der Waals surface area contributed by atoms with Gasteiger partial charge in [-0.1, -0.05) is 158 Å². The van der Waals surface area contributed by atoms with Gasteiger partial charge in [0.1, 0.15) is 128 Å². The van der Waals surface area contributed by atoms with Gasteiger partial charge in [0.25, 0.3) is 0 Å². The second kappa shape index (κ2) is 29.5. The highest BCUT2D eigenvalue weighted by Gasteiger charge is 2.59. The molecule has 14 N–H and O–H groups in total. The van der Waals surface area contributed by atoms with Crippen LogP contribution in [0.25, 0.3) is 0 Å². The molecule has 21 unspecified atom stereocenters. The molecule has 0 aromatic carbocycles. The summed E-state index contributed by atoms with van der Waals surface area (Å²) in [7, 11) is 0. The molecular weight excluding hydrogens is 1840 g/mol. The van der Waals surface area contributed by atoms with Crippen molar-refractivity contribution in [3.8, 4) is 0 Å². The van der Waals surface area contributed by atoms with Crippen molar-refractivity contribution in [2.24, 2.45) is 0 Å². The largest absolute Gasteiger partial charge is 0.387 e. The zero-order chi connectivity index (χ0) is 56.1. The zero-order valence-corrected chi connectivity index (χ0v) is 54.9. The Hall–Kier alpha value is 3.99. The SMILES string of the molecule is OC1C(O)[C@@H]2O[C@@H]3OC(CI)[C@@H](O[C@@H]4OC(CI)[C@@H](O[C@@H]5OC(CI)[C@@H](O[C@@H]6OC(CI)[C@@H](O[C@@H]7OC(CI)[C@@H](O[C@@H]8OC(CI)[C@@H](O[C@@H]1OC2CI)C(O)C8O)C(O)C7O)C(O)C6O)C(O)C5O)C(O)C4O)C(O)C3O. The molecule has 448 valence electrons. The molecule has 0 aromatic rings. The normalized spacial score (nSPS) is 55.4. The Labute approximate surface area is 535 Å². The van der Waals surface area contributed by atoms with Crippen molar-refractivity contribution in [3.63, 3.8) is 0 Å². The van der Waals surface area contributed by atoms with E-state index >= 15 is 0 Å². The van der Waals surface area contributed by atoms with E-state index in [4.69, 9.17) is 66.3 Å². The molecule has 77 heavy (non-hydrogen) atoms. The smallest absolute Gasteiger partial charge is 0.187 e. The highest BCUT2D eigenvalue weighted by atomic mass is 127. The Morgan fingerprint density at radius 1 is 0.169 bits per heavy atom. The third kappa shape index (κ3) is 14.1. The molecule has 21 aliphatic rings. The van der Waals surface area contributed by atoms with E-state index in [1.54, 1.807) is 0 Å². The second-order valence-electron chi connectivity index (χ2n) is 19.5. The molecule has 21 heterocycles. The van der Waals surface area contributed by atoms with Crippen LogP contribution in [0.5, 0.6) is 0 Å². The van der Waals surface area contributed by atoms with Crippen LogP contribution < -0.4 is 0 Å². The highest BCUT2D eigenvalue weighted by molar-refractivity contribution is 14.1. The predicted molar refractivity (Wildman–Crippen MR) is 311 cm³/mol. The fourth-order valence-corrected chi connectivity index (χ4v) is 15.2. The number of aliphatic hydroxyl groups excluding tert-OH is 14. The number of hydrogen-bond donors (Lipinski definition) is 14. The van der Waals surface area contributed by atoms with Gasteiger partial charge in [-0.15, -0.1) is 0 Å². The van der Waals surface area contributed by atoms with Gasteiger partial charge >= 0.3 is 0 Å². The minimum absolute atomic E-state index is 0.0801. The van der Waals surface area contributed by atoms with Crippen LogP contribution in [0.4, 0.5) is 0 Å². The minimum atomic E-state index is -1.90. The predicted octanol–water partition coefficient (Wildman–Crippen LogP) is -5.13. The topological polar surface area (TPSA) is 412 Å². The summed E-state index contributed by atoms with van der Waals surface area (Å²) in [4.78, 5) is 0. The Bertz CT molecular complexity index is 1490. The second-order valence-corrected chi connectivity index (χ2v) is 25.6. The summed E-state index contributed by atoms with van der Waals surface area (Å²) in [5.41, 5.74) is 0. The number of hydrogen-bond acceptors (Lipinski definition) is 28. The molecule has 28 nitrogen and oxygen atoms in total. The van der Waals surface area contributed by atoms with Crippen molar-refractivity contribution in [2.75, 3.05) is 31.0 Å². The highest BCUT2D eigenvalue weighted by Crippen LogP contribution is 2.40. The first kappa shape index (κ1) is 66.9. The van der Waals surface area contributed by atoms with Crippen LogP contribution in [-0.2, 0) is 66.3 Å². The van der Waals surface area contributed by atoms with Crippen molar-refractivity contribution in [1.82, 2.24) is 0 Å². The molecule has 0 radical (unpaired) electrons. The number of halogens is 7. The molecule has 21 fully saturated rings. The number of alkyl halides is 7. The van der Waals surface area contributed by atoms with Crippen LogP contribution in [0.2, 0.25) is 0 Å². The summed E-state index contributed by atoms with van der Waals surface area (Å²) < 4.78 is 85.7. The molecule has 0 amide bonds. The van der Waals surface area contributed by atoms with Crippen LogP contribution in [-0.4, -0.2) is 317 Å². The minimum Gasteiger partial charge on any atom is -0.387 e. The van der Waals surface area contributed by atoms with Gasteiger partial charge in [0.05, 0.1) is 42.7 Å². The van der Waals surface area contributed by atoms with Crippen molar-refractivity contribution in [1.29, 1.82) is 0 Å². The first-order chi connectivity index (χ1) is 36.7. The average molecular weight is 1900 g/mol. The molecule has 35 heteroatoms. The van der Waals surface area contributed by atoms with E-state index in [0.29, 0.717) is 0 Å². The van der Waals surface area contributed by atoms with Crippen LogP contribution in [0, 0.1) is 0 Å². The van der Waals surface area contributed by atoms with Gasteiger partial charge in [-0.3, -0.25) is 0 Å². The van der Waals surface area contributed by atoms with Gasteiger partial charge in [-0.05, 0) is 0 Å². The van der Waals surface area contributed by atoms with E-state index < -0.39 is 215 Å². The van der Waals surface area contributed by atoms with Crippen molar-refractivity contribution < 1.29 is 138 Å². The standard InChI is InChI=1S/C42H63I7O28/c43-1-8-29-15(50)22(57)36(64-8)72-30-9(2-44)66-38(24(59)17(30)52)74-32-11(4-46)68-40(26(61)19(32)54)76-34-13(6-48)70-42(28(63)21(34)56)77-35-14(7-49)69-41(27(62)20(35)55)75-33-12(5-47)67-39(25(60)18(33)53)73-31-10(3-45)65-37(71-29)23(58)16(31)51/h8-42,50-63H,1-7H2/t8?,9?,10?,11?,12?,13?,14?,15?,16?,17?,18?,19?,20?,21?,22?,23?,24?,25?,26?,27?,28?,29-,30-,31-,32-,33-,34-,35-,36+,37+,38+,39+,40+,41+,42+/m1/s1. The lowest BCUT2D eigenvalue weighted by Crippen LogP contribution is -2.68. The van der Waals surface area contributed by atoms with Gasteiger partial charge in [-0.2, -0.15) is 0 Å². The number of ether oxygens (including phenoxy) is 14. The number of aliphatic hydroxyl groups is 14. The molecule has 0 aliphatic carbocycles. The quantitative estimate of drug-likeness (QED) is 0.0837. The fourth-order valence-electron chi connectivity index (χ4n) is 10.3. The summed E-state index contributed by atoms with van der Waals surface area (Å²) in [5, 5.41) is 161. The maximum Gasteiger partial charge on any atom is 0.187 e. The van der Waals surface area contributed by atoms with Gasteiger partial charge < -0.3 is 138 Å². The average Bonchev–Trinajstić information content (AvgIpc) is 3.46. The van der Waals surface area contributed by atoms with E-state index in [1.807, 2.05) is 158 Å². The first-order valence-corrected chi connectivity index (χ1v) is 35.0. The van der Waals surface area contributed by atoms with E-state index in [9.17, 15) is 71.5 Å². The van der Waals surface area contributed by atoms with Crippen molar-refractivity contribution in [3.05, 3.63) is 0 Å². The van der Waals surface area contributed by atoms with Crippen LogP contribution in [0.1, 0.15) is 0 Å². The lowest BCUT2D eigenvalue weighted by Gasteiger charge is -2.50. The van der Waals surface area contributed by atoms with Gasteiger partial charge in [-0.25, -0.2) is 0 Å². The van der Waals surface area contributed by atoms with Crippen LogP contribution >= 0.6 is 158 Å². The third-order valence-corrected chi connectivity index (χ3v) is 20.7. The monoisotopic (exact) mass is 1900 g/mol. The van der Waals surface area contributed by atoms with E-state index in [-0.39, 0.29) is 31.0 Å². The van der Waals surface area contributed by atoms with Gasteiger partial charge in [0, 0.05) is 31.0 Å². The molecule has 35 atom stereocenters. The molecule has 0 spiro atoms. The molecule has 21 rings (SSSR count). The fraction of sp³-hybridized carbons (Fsp3) is 1.00. The lowest BCUT2D eigenvalue weighted by atomic mass is 9.96. The van der Waals surface area contributed by atoms with Crippen LogP contribution in [0.3, 0.4) is 0 Å². The first-order valence-electron chi connectivity index (χ1n) is 24.3. The number of rotatable bonds is 7. The third-order valence-electron chi connectivity index (χ3n) is 14.6. The Morgan fingerprint density at radius 3 is 0.364 bits per heavy atom. The van der Waals surface area contributed by atoms with E-state index in [1.165, 1.54) is 0 Å².